The van der Waals surface area contributed by atoms with Gasteiger partial charge in [0.25, 0.3) is 0 Å². The molecule has 1 aromatic heterocycles. The summed E-state index contributed by atoms with van der Waals surface area (Å²) in [5.74, 6) is -1.44. The van der Waals surface area contributed by atoms with Crippen molar-refractivity contribution in [1.82, 2.24) is 9.55 Å². The van der Waals surface area contributed by atoms with Crippen molar-refractivity contribution < 1.29 is 71.4 Å². The number of anilines is 1. The molecule has 8 atom stereocenters. The van der Waals surface area contributed by atoms with Gasteiger partial charge in [-0.3, -0.25) is 23.2 Å². The number of unbranched alkanes of at least 4 members (excludes halogenated alkanes) is 7. The van der Waals surface area contributed by atoms with E-state index < -0.39 is 83.7 Å². The first kappa shape index (κ1) is 63.0. The number of rotatable bonds is 39. The van der Waals surface area contributed by atoms with Crippen molar-refractivity contribution in [1.29, 1.82) is 0 Å². The molecule has 1 fully saturated rings. The number of nitrogens with two attached hydrogens (primary N) is 1. The first-order valence-corrected chi connectivity index (χ1v) is 27.6. The van der Waals surface area contributed by atoms with Crippen LogP contribution in [0, 0.1) is 0 Å². The number of aliphatic hydroxyl groups is 3. The fourth-order valence-electron chi connectivity index (χ4n) is 6.62. The molecule has 21 heteroatoms. The van der Waals surface area contributed by atoms with Crippen LogP contribution in [0.1, 0.15) is 142 Å². The second kappa shape index (κ2) is 37.6. The summed E-state index contributed by atoms with van der Waals surface area (Å²) in [4.78, 5) is 61.8. The largest absolute Gasteiger partial charge is 0.481 e. The van der Waals surface area contributed by atoms with Crippen LogP contribution < -0.4 is 11.4 Å². The number of aromatic nitrogens is 2. The Morgan fingerprint density at radius 1 is 0.732 bits per heavy atom. The van der Waals surface area contributed by atoms with Gasteiger partial charge in [0.15, 0.2) is 12.3 Å². The molecule has 0 saturated carbocycles. The molecule has 2 unspecified atom stereocenters. The monoisotopic (exact) mass is 1040 g/mol. The second-order valence-corrected chi connectivity index (χ2v) is 19.9. The van der Waals surface area contributed by atoms with Gasteiger partial charge >= 0.3 is 33.3 Å². The van der Waals surface area contributed by atoms with Crippen LogP contribution >= 0.6 is 15.6 Å². The van der Waals surface area contributed by atoms with E-state index in [0.717, 1.165) is 68.6 Å². The maximum Gasteiger partial charge on any atom is 0.481 e. The van der Waals surface area contributed by atoms with Crippen LogP contribution in [0.3, 0.4) is 0 Å². The summed E-state index contributed by atoms with van der Waals surface area (Å²) in [6.07, 6.45) is 36.7. The molecule has 19 nitrogen and oxygen atoms in total. The highest BCUT2D eigenvalue weighted by atomic mass is 31.3. The number of hydrogen-bond acceptors (Lipinski definition) is 16. The standard InChI is InChI=1S/C50H79N3O16P2/c1-3-4-5-6-7-8-9-10-12-16-19-22-25-28-31-34-45(55)64-38-42(67-46(56)35-32-29-26-23-20-17-14-11-13-15-18-21-24-27-30-33-41(2)54)39-65-70(60,61)69-71(62,63)66-40-43-47(57)48(58)49(68-43)53-37-36-44(51)52-50(53)59/h7-8,10,12-15,17,19,21-24,26,36-37,41-43,47-49,54,57-58H,3-6,9,11,16,18,20,25,27-35,38-40H2,1-2H3,(H,60,61)(H,62,63)(H2,51,52,59)/b8-7-,12-10-,15-13-,17-14-,22-19-,24-21-,26-23-/t41-,42+,43+,47+,48+,49+/m0/s1. The number of carbonyl (C=O) groups is 2. The van der Waals surface area contributed by atoms with Gasteiger partial charge in [-0.1, -0.05) is 105 Å². The maximum atomic E-state index is 12.8. The first-order valence-electron chi connectivity index (χ1n) is 24.6. The molecule has 71 heavy (non-hydrogen) atoms. The summed E-state index contributed by atoms with van der Waals surface area (Å²) in [5, 5.41) is 30.2. The molecule has 1 aliphatic rings. The van der Waals surface area contributed by atoms with Crippen LogP contribution in [0.15, 0.2) is 102 Å². The summed E-state index contributed by atoms with van der Waals surface area (Å²) >= 11 is 0. The topological polar surface area (TPSA) is 286 Å². The number of nitrogens with zero attached hydrogens (tertiary/aromatic N) is 2. The van der Waals surface area contributed by atoms with Crippen LogP contribution in [0.25, 0.3) is 0 Å². The number of hydrogen-bond donors (Lipinski definition) is 6. The van der Waals surface area contributed by atoms with Gasteiger partial charge < -0.3 is 45.1 Å². The molecule has 0 bridgehead atoms. The quantitative estimate of drug-likeness (QED) is 0.0155. The molecule has 2 rings (SSSR count). The predicted molar refractivity (Wildman–Crippen MR) is 271 cm³/mol. The predicted octanol–water partition coefficient (Wildman–Crippen LogP) is 8.86. The van der Waals surface area contributed by atoms with Crippen molar-refractivity contribution in [2.45, 2.75) is 173 Å². The van der Waals surface area contributed by atoms with Gasteiger partial charge in [-0.15, -0.1) is 0 Å². The average molecular weight is 1040 g/mol. The molecule has 2 heterocycles. The summed E-state index contributed by atoms with van der Waals surface area (Å²) in [6, 6.07) is 1.24. The van der Waals surface area contributed by atoms with E-state index in [2.05, 4.69) is 77.0 Å². The fourth-order valence-corrected chi connectivity index (χ4v) is 8.73. The molecule has 0 aliphatic carbocycles. The Bertz CT molecular complexity index is 2030. The molecule has 0 spiro atoms. The Labute approximate surface area is 419 Å². The minimum atomic E-state index is -5.45. The van der Waals surface area contributed by atoms with E-state index in [9.17, 15) is 48.6 Å². The molecule has 0 aromatic carbocycles. The Balaban J connectivity index is 1.86. The van der Waals surface area contributed by atoms with Crippen LogP contribution in [-0.2, 0) is 46.3 Å². The van der Waals surface area contributed by atoms with E-state index in [1.165, 1.54) is 25.3 Å². The number of aliphatic hydroxyl groups excluding tert-OH is 3. The van der Waals surface area contributed by atoms with Crippen LogP contribution in [0.5, 0.6) is 0 Å². The highest BCUT2D eigenvalue weighted by Gasteiger charge is 2.46. The average Bonchev–Trinajstić information content (AvgIpc) is 3.59. The number of nitrogen functional groups attached to an aromatic ring is 1. The molecular weight excluding hydrogens is 961 g/mol. The second-order valence-electron chi connectivity index (χ2n) is 16.9. The third-order valence-corrected chi connectivity index (χ3v) is 13.1. The lowest BCUT2D eigenvalue weighted by atomic mass is 10.1. The molecular formula is C50H79N3O16P2. The van der Waals surface area contributed by atoms with Gasteiger partial charge in [0.1, 0.15) is 30.7 Å². The van der Waals surface area contributed by atoms with Crippen molar-refractivity contribution >= 4 is 33.4 Å². The van der Waals surface area contributed by atoms with Crippen molar-refractivity contribution in [2.24, 2.45) is 0 Å². The van der Waals surface area contributed by atoms with Gasteiger partial charge in [-0.2, -0.15) is 9.29 Å². The van der Waals surface area contributed by atoms with Crippen LogP contribution in [0.4, 0.5) is 5.82 Å². The van der Waals surface area contributed by atoms with E-state index >= 15 is 0 Å². The number of phosphoric ester groups is 2. The summed E-state index contributed by atoms with van der Waals surface area (Å²) in [7, 11) is -10.9. The van der Waals surface area contributed by atoms with Crippen LogP contribution in [0.2, 0.25) is 0 Å². The van der Waals surface area contributed by atoms with Gasteiger partial charge in [-0.05, 0) is 109 Å². The summed E-state index contributed by atoms with van der Waals surface area (Å²) in [5.41, 5.74) is 4.57. The highest BCUT2D eigenvalue weighted by molar-refractivity contribution is 7.61. The van der Waals surface area contributed by atoms with Gasteiger partial charge in [-0.25, -0.2) is 13.9 Å². The normalized spacial score (nSPS) is 20.3. The Kier molecular flexibility index (Phi) is 33.4. The number of phosphoric acid groups is 2. The SMILES string of the molecule is CCCCC/C=C\C/C=C\C/C=C\CCCCC(=O)OC[C@H](COP(=O)(O)OP(=O)(O)OC[C@H]1O[C@@H](n2ccc(N)nc2=O)[C@H](O)[C@@H]1O)OC(=O)CCC/C=C\C/C=C\C/C=C\C/C=C\CCC[C@H](C)O. The van der Waals surface area contributed by atoms with Gasteiger partial charge in [0.05, 0.1) is 19.3 Å². The van der Waals surface area contributed by atoms with Gasteiger partial charge in [0, 0.05) is 19.0 Å². The number of esters is 2. The van der Waals surface area contributed by atoms with E-state index in [1.807, 2.05) is 24.3 Å². The number of ether oxygens (including phenoxy) is 3. The first-order chi connectivity index (χ1) is 34.0. The molecule has 400 valence electrons. The minimum Gasteiger partial charge on any atom is -0.462 e. The van der Waals surface area contributed by atoms with Crippen molar-refractivity contribution in [3.05, 3.63) is 108 Å². The van der Waals surface area contributed by atoms with Crippen molar-refractivity contribution in [2.75, 3.05) is 25.6 Å². The van der Waals surface area contributed by atoms with E-state index in [1.54, 1.807) is 6.92 Å². The Hall–Kier alpha value is -4.10. The smallest absolute Gasteiger partial charge is 0.462 e. The highest BCUT2D eigenvalue weighted by Crippen LogP contribution is 2.60. The Morgan fingerprint density at radius 3 is 1.79 bits per heavy atom. The lowest BCUT2D eigenvalue weighted by Gasteiger charge is -2.21. The zero-order chi connectivity index (χ0) is 52.2. The lowest BCUT2D eigenvalue weighted by Crippen LogP contribution is -2.36. The molecule has 7 N–H and O–H groups in total. The van der Waals surface area contributed by atoms with Crippen LogP contribution in [-0.4, -0.2) is 96.9 Å². The Morgan fingerprint density at radius 2 is 1.24 bits per heavy atom. The zero-order valence-electron chi connectivity index (χ0n) is 41.4. The van der Waals surface area contributed by atoms with Crippen molar-refractivity contribution in [3.63, 3.8) is 0 Å². The lowest BCUT2D eigenvalue weighted by molar-refractivity contribution is -0.161. The maximum absolute atomic E-state index is 12.8. The molecule has 1 aliphatic heterocycles. The summed E-state index contributed by atoms with van der Waals surface area (Å²) < 4.78 is 56.6. The molecule has 1 aromatic rings. The molecule has 1 saturated heterocycles. The minimum absolute atomic E-state index is 0.0506. The van der Waals surface area contributed by atoms with Crippen molar-refractivity contribution in [3.8, 4) is 0 Å². The number of allylic oxidation sites excluding steroid dienone is 14. The van der Waals surface area contributed by atoms with E-state index in [4.69, 9.17) is 29.0 Å². The number of carbonyl (C=O) groups excluding carboxylic acids is 2. The van der Waals surface area contributed by atoms with E-state index in [0.29, 0.717) is 32.1 Å². The summed E-state index contributed by atoms with van der Waals surface area (Å²) in [6.45, 7) is 1.56. The molecule has 0 radical (unpaired) electrons. The van der Waals surface area contributed by atoms with E-state index in [-0.39, 0.29) is 24.8 Å². The molecule has 0 amide bonds. The fraction of sp³-hybridized carbons (Fsp3) is 0.600. The zero-order valence-corrected chi connectivity index (χ0v) is 43.1. The van der Waals surface area contributed by atoms with Gasteiger partial charge in [0.2, 0.25) is 0 Å². The third-order valence-electron chi connectivity index (χ3n) is 10.5. The third kappa shape index (κ3) is 31.2.